The lowest BCUT2D eigenvalue weighted by atomic mass is 10.0. The number of likely N-dealkylation sites (N-methyl/N-ethyl adjacent to an activating group) is 1. The van der Waals surface area contributed by atoms with E-state index < -0.39 is 0 Å². The molecule has 3 heteroatoms. The van der Waals surface area contributed by atoms with E-state index in [0.717, 1.165) is 31.5 Å². The molecule has 2 rings (SSSR count). The van der Waals surface area contributed by atoms with Crippen molar-refractivity contribution in [3.63, 3.8) is 0 Å². The number of rotatable bonds is 6. The number of hydrogen-bond acceptors (Lipinski definition) is 2. The van der Waals surface area contributed by atoms with Gasteiger partial charge in [-0.25, -0.2) is 0 Å². The van der Waals surface area contributed by atoms with E-state index in [4.69, 9.17) is 0 Å². The Bertz CT molecular complexity index is 434. The Morgan fingerprint density at radius 1 is 1.09 bits per heavy atom. The highest BCUT2D eigenvalue weighted by Gasteiger charge is 2.27. The van der Waals surface area contributed by atoms with E-state index in [1.165, 1.54) is 25.7 Å². The van der Waals surface area contributed by atoms with Gasteiger partial charge in [0.25, 0.3) is 0 Å². The van der Waals surface area contributed by atoms with Crippen molar-refractivity contribution in [2.24, 2.45) is 0 Å². The lowest BCUT2D eigenvalue weighted by Gasteiger charge is -2.30. The number of nitrogens with one attached hydrogen (secondary N) is 1. The fraction of sp³-hybridized carbons (Fsp3) is 0.632. The Balaban J connectivity index is 2.11. The highest BCUT2D eigenvalue weighted by Crippen LogP contribution is 2.23. The van der Waals surface area contributed by atoms with Gasteiger partial charge in [0.2, 0.25) is 5.91 Å². The van der Waals surface area contributed by atoms with Crippen LogP contribution < -0.4 is 5.32 Å². The zero-order valence-corrected chi connectivity index (χ0v) is 14.1. The average Bonchev–Trinajstić information content (AvgIpc) is 2.81. The minimum Gasteiger partial charge on any atom is -0.352 e. The van der Waals surface area contributed by atoms with Gasteiger partial charge in [0.1, 0.15) is 6.04 Å². The van der Waals surface area contributed by atoms with E-state index in [0.29, 0.717) is 6.04 Å². The summed E-state index contributed by atoms with van der Waals surface area (Å²) in [4.78, 5) is 15.2. The fourth-order valence-corrected chi connectivity index (χ4v) is 3.46. The van der Waals surface area contributed by atoms with Crippen LogP contribution in [0.1, 0.15) is 64.0 Å². The summed E-state index contributed by atoms with van der Waals surface area (Å²) in [5.74, 6) is 0.168. The van der Waals surface area contributed by atoms with Crippen LogP contribution in [0.25, 0.3) is 0 Å². The van der Waals surface area contributed by atoms with Gasteiger partial charge in [0.15, 0.2) is 0 Å². The second-order valence-electron chi connectivity index (χ2n) is 6.23. The van der Waals surface area contributed by atoms with Crippen molar-refractivity contribution in [1.29, 1.82) is 0 Å². The largest absolute Gasteiger partial charge is 0.352 e. The van der Waals surface area contributed by atoms with Crippen LogP contribution in [0.4, 0.5) is 0 Å². The van der Waals surface area contributed by atoms with Gasteiger partial charge in [-0.1, -0.05) is 69.9 Å². The van der Waals surface area contributed by atoms with Crippen LogP contribution in [0.2, 0.25) is 0 Å². The lowest BCUT2D eigenvalue weighted by molar-refractivity contribution is -0.127. The molecule has 1 aromatic rings. The second kappa shape index (κ2) is 8.94. The van der Waals surface area contributed by atoms with Gasteiger partial charge in [-0.05, 0) is 31.5 Å². The van der Waals surface area contributed by atoms with Crippen molar-refractivity contribution in [1.82, 2.24) is 10.2 Å². The number of amides is 1. The first-order chi connectivity index (χ1) is 10.8. The highest BCUT2D eigenvalue weighted by molar-refractivity contribution is 5.83. The van der Waals surface area contributed by atoms with Crippen molar-refractivity contribution in [3.8, 4) is 0 Å². The molecule has 1 aliphatic rings. The standard InChI is InChI=1S/C19H30N2O/c1-3-21(4-2)18(16-12-8-7-9-13-16)19(22)20-17-14-10-5-6-11-15-17/h7-9,12-13,17-18H,3-6,10-11,14-15H2,1-2H3,(H,20,22). The number of carbonyl (C=O) groups is 1. The van der Waals surface area contributed by atoms with Gasteiger partial charge in [-0.2, -0.15) is 0 Å². The third kappa shape index (κ3) is 4.57. The van der Waals surface area contributed by atoms with Gasteiger partial charge in [-0.3, -0.25) is 9.69 Å². The molecule has 0 bridgehead atoms. The first-order valence-corrected chi connectivity index (χ1v) is 8.85. The van der Waals surface area contributed by atoms with Crippen molar-refractivity contribution >= 4 is 5.91 Å². The van der Waals surface area contributed by atoms with Crippen molar-refractivity contribution < 1.29 is 4.79 Å². The summed E-state index contributed by atoms with van der Waals surface area (Å²) < 4.78 is 0. The Labute approximate surface area is 135 Å². The number of carbonyl (C=O) groups excluding carboxylic acids is 1. The van der Waals surface area contributed by atoms with Crippen LogP contribution in [-0.2, 0) is 4.79 Å². The Morgan fingerprint density at radius 2 is 1.68 bits per heavy atom. The Hall–Kier alpha value is -1.35. The van der Waals surface area contributed by atoms with E-state index in [9.17, 15) is 4.79 Å². The van der Waals surface area contributed by atoms with E-state index in [2.05, 4.69) is 36.2 Å². The summed E-state index contributed by atoms with van der Waals surface area (Å²) >= 11 is 0. The molecule has 3 nitrogen and oxygen atoms in total. The molecular formula is C19H30N2O. The zero-order valence-electron chi connectivity index (χ0n) is 14.1. The molecule has 0 aliphatic heterocycles. The zero-order chi connectivity index (χ0) is 15.8. The molecular weight excluding hydrogens is 272 g/mol. The quantitative estimate of drug-likeness (QED) is 0.808. The molecule has 1 saturated carbocycles. The molecule has 0 spiro atoms. The molecule has 22 heavy (non-hydrogen) atoms. The predicted molar refractivity (Wildman–Crippen MR) is 91.7 cm³/mol. The van der Waals surface area contributed by atoms with Gasteiger partial charge in [0.05, 0.1) is 0 Å². The van der Waals surface area contributed by atoms with Crippen LogP contribution in [0.15, 0.2) is 30.3 Å². The van der Waals surface area contributed by atoms with Gasteiger partial charge in [-0.15, -0.1) is 0 Å². The minimum absolute atomic E-state index is 0.167. The van der Waals surface area contributed by atoms with E-state index in [1.807, 2.05) is 18.2 Å². The smallest absolute Gasteiger partial charge is 0.242 e. The summed E-state index contributed by atoms with van der Waals surface area (Å²) in [6.07, 6.45) is 7.37. The molecule has 0 saturated heterocycles. The summed E-state index contributed by atoms with van der Waals surface area (Å²) in [7, 11) is 0. The molecule has 1 amide bonds. The fourth-order valence-electron chi connectivity index (χ4n) is 3.46. The number of benzene rings is 1. The van der Waals surface area contributed by atoms with Crippen molar-refractivity contribution in [3.05, 3.63) is 35.9 Å². The number of nitrogens with zero attached hydrogens (tertiary/aromatic N) is 1. The summed E-state index contributed by atoms with van der Waals surface area (Å²) in [6, 6.07) is 10.4. The van der Waals surface area contributed by atoms with Crippen LogP contribution in [0, 0.1) is 0 Å². The molecule has 0 heterocycles. The van der Waals surface area contributed by atoms with Crippen LogP contribution in [0.3, 0.4) is 0 Å². The molecule has 1 fully saturated rings. The third-order valence-electron chi connectivity index (χ3n) is 4.74. The summed E-state index contributed by atoms with van der Waals surface area (Å²) in [6.45, 7) is 6.01. The van der Waals surface area contributed by atoms with Crippen LogP contribution in [-0.4, -0.2) is 29.9 Å². The first kappa shape index (κ1) is 17.0. The monoisotopic (exact) mass is 302 g/mol. The lowest BCUT2D eigenvalue weighted by Crippen LogP contribution is -2.44. The maximum Gasteiger partial charge on any atom is 0.242 e. The second-order valence-corrected chi connectivity index (χ2v) is 6.23. The Kier molecular flexibility index (Phi) is 6.91. The summed E-state index contributed by atoms with van der Waals surface area (Å²) in [5, 5.41) is 3.33. The van der Waals surface area contributed by atoms with E-state index >= 15 is 0 Å². The van der Waals surface area contributed by atoms with Gasteiger partial charge in [0, 0.05) is 6.04 Å². The maximum atomic E-state index is 12.9. The molecule has 0 aromatic heterocycles. The van der Waals surface area contributed by atoms with Gasteiger partial charge < -0.3 is 5.32 Å². The van der Waals surface area contributed by atoms with E-state index in [-0.39, 0.29) is 11.9 Å². The summed E-state index contributed by atoms with van der Waals surface area (Å²) in [5.41, 5.74) is 1.09. The molecule has 1 aliphatic carbocycles. The molecule has 1 aromatic carbocycles. The molecule has 1 N–H and O–H groups in total. The van der Waals surface area contributed by atoms with Crippen LogP contribution >= 0.6 is 0 Å². The van der Waals surface area contributed by atoms with Gasteiger partial charge >= 0.3 is 0 Å². The molecule has 122 valence electrons. The average molecular weight is 302 g/mol. The molecule has 1 unspecified atom stereocenters. The highest BCUT2D eigenvalue weighted by atomic mass is 16.2. The Morgan fingerprint density at radius 3 is 2.23 bits per heavy atom. The first-order valence-electron chi connectivity index (χ1n) is 8.85. The molecule has 0 radical (unpaired) electrons. The molecule has 1 atom stereocenters. The van der Waals surface area contributed by atoms with Crippen LogP contribution in [0.5, 0.6) is 0 Å². The normalized spacial score (nSPS) is 18.0. The minimum atomic E-state index is -0.167. The third-order valence-corrected chi connectivity index (χ3v) is 4.74. The van der Waals surface area contributed by atoms with E-state index in [1.54, 1.807) is 0 Å². The SMILES string of the molecule is CCN(CC)C(C(=O)NC1CCCCCC1)c1ccccc1. The topological polar surface area (TPSA) is 32.3 Å². The maximum absolute atomic E-state index is 12.9. The van der Waals surface area contributed by atoms with Crippen molar-refractivity contribution in [2.75, 3.05) is 13.1 Å². The number of hydrogen-bond donors (Lipinski definition) is 1. The van der Waals surface area contributed by atoms with Crippen molar-refractivity contribution in [2.45, 2.75) is 64.5 Å². The predicted octanol–water partition coefficient (Wildman–Crippen LogP) is 3.91.